The minimum atomic E-state index is -0.323. The topological polar surface area (TPSA) is 75.7 Å². The molecule has 0 radical (unpaired) electrons. The van der Waals surface area contributed by atoms with Gasteiger partial charge in [0, 0.05) is 0 Å². The van der Waals surface area contributed by atoms with Crippen LogP contribution in [-0.4, -0.2) is 17.3 Å². The average molecular weight is 273 g/mol. The van der Waals surface area contributed by atoms with Crippen LogP contribution in [0.3, 0.4) is 0 Å². The Balaban J connectivity index is 2.33. The van der Waals surface area contributed by atoms with E-state index < -0.39 is 0 Å². The fourth-order valence-corrected chi connectivity index (χ4v) is 2.16. The summed E-state index contributed by atoms with van der Waals surface area (Å²) < 4.78 is 5.15. The van der Waals surface area contributed by atoms with Crippen molar-refractivity contribution >= 4 is 0 Å². The second-order valence-electron chi connectivity index (χ2n) is 4.60. The van der Waals surface area contributed by atoms with Gasteiger partial charge in [-0.05, 0) is 34.4 Å². The van der Waals surface area contributed by atoms with Crippen molar-refractivity contribution in [2.75, 3.05) is 7.11 Å². The number of aliphatic hydroxyl groups excluding tert-OH is 2. The van der Waals surface area contributed by atoms with Crippen molar-refractivity contribution in [1.82, 2.24) is 0 Å². The second-order valence-corrected chi connectivity index (χ2v) is 4.60. The van der Waals surface area contributed by atoms with Crippen molar-refractivity contribution < 1.29 is 14.9 Å². The molecule has 0 saturated carbocycles. The van der Waals surface area contributed by atoms with Crippen molar-refractivity contribution in [2.24, 2.45) is 5.73 Å². The summed E-state index contributed by atoms with van der Waals surface area (Å²) in [6.07, 6.45) is 0. The molecular weight excluding hydrogens is 254 g/mol. The van der Waals surface area contributed by atoms with E-state index in [1.807, 2.05) is 36.4 Å². The van der Waals surface area contributed by atoms with Crippen molar-refractivity contribution in [1.29, 1.82) is 0 Å². The van der Waals surface area contributed by atoms with Gasteiger partial charge in [0.1, 0.15) is 5.75 Å². The van der Waals surface area contributed by atoms with E-state index in [0.717, 1.165) is 22.3 Å². The number of benzene rings is 2. The monoisotopic (exact) mass is 273 g/mol. The summed E-state index contributed by atoms with van der Waals surface area (Å²) >= 11 is 0. The summed E-state index contributed by atoms with van der Waals surface area (Å²) in [6.45, 7) is -0.0745. The minimum Gasteiger partial charge on any atom is -0.497 e. The van der Waals surface area contributed by atoms with Gasteiger partial charge < -0.3 is 20.7 Å². The molecule has 0 amide bonds. The lowest BCUT2D eigenvalue weighted by Crippen LogP contribution is -2.14. The van der Waals surface area contributed by atoms with Gasteiger partial charge in [-0.15, -0.1) is 0 Å². The van der Waals surface area contributed by atoms with Gasteiger partial charge in [-0.25, -0.2) is 0 Å². The van der Waals surface area contributed by atoms with E-state index in [9.17, 15) is 5.11 Å². The molecule has 0 aliphatic rings. The van der Waals surface area contributed by atoms with Crippen molar-refractivity contribution in [3.63, 3.8) is 0 Å². The van der Waals surface area contributed by atoms with Gasteiger partial charge in [-0.3, -0.25) is 0 Å². The zero-order chi connectivity index (χ0) is 14.5. The van der Waals surface area contributed by atoms with E-state index in [0.29, 0.717) is 5.75 Å². The molecule has 0 spiro atoms. The fraction of sp³-hybridized carbons (Fsp3) is 0.250. The third-order valence-corrected chi connectivity index (χ3v) is 3.38. The highest BCUT2D eigenvalue weighted by atomic mass is 16.5. The molecule has 1 unspecified atom stereocenters. The number of nitrogens with two attached hydrogens (primary N) is 1. The molecule has 0 bridgehead atoms. The van der Waals surface area contributed by atoms with Gasteiger partial charge >= 0.3 is 0 Å². The summed E-state index contributed by atoms with van der Waals surface area (Å²) in [4.78, 5) is 0. The minimum absolute atomic E-state index is 0.0138. The fourth-order valence-electron chi connectivity index (χ4n) is 2.16. The molecule has 2 aromatic rings. The lowest BCUT2D eigenvalue weighted by molar-refractivity contribution is 0.279. The Morgan fingerprint density at radius 3 is 2.30 bits per heavy atom. The smallest absolute Gasteiger partial charge is 0.119 e. The van der Waals surface area contributed by atoms with E-state index in [1.165, 1.54) is 0 Å². The highest BCUT2D eigenvalue weighted by Crippen LogP contribution is 2.26. The van der Waals surface area contributed by atoms with Crippen LogP contribution >= 0.6 is 0 Å². The lowest BCUT2D eigenvalue weighted by Gasteiger charge is -2.17. The highest BCUT2D eigenvalue weighted by Gasteiger charge is 2.13. The Hall–Kier alpha value is -1.88. The maximum Gasteiger partial charge on any atom is 0.119 e. The van der Waals surface area contributed by atoms with Crippen LogP contribution in [-0.2, 0) is 13.2 Å². The zero-order valence-corrected chi connectivity index (χ0v) is 11.4. The average Bonchev–Trinajstić information content (AvgIpc) is 2.53. The Kier molecular flexibility index (Phi) is 4.74. The molecule has 1 atom stereocenters. The lowest BCUT2D eigenvalue weighted by atomic mass is 9.94. The van der Waals surface area contributed by atoms with E-state index in [1.54, 1.807) is 13.2 Å². The molecule has 2 aromatic carbocycles. The summed E-state index contributed by atoms with van der Waals surface area (Å²) in [5.41, 5.74) is 9.66. The number of ether oxygens (including phenoxy) is 1. The summed E-state index contributed by atoms with van der Waals surface area (Å²) in [5.74, 6) is 0.695. The molecule has 20 heavy (non-hydrogen) atoms. The number of hydrogen-bond acceptors (Lipinski definition) is 4. The van der Waals surface area contributed by atoms with Crippen molar-refractivity contribution in [3.8, 4) is 5.75 Å². The van der Waals surface area contributed by atoms with Crippen LogP contribution in [0.5, 0.6) is 5.75 Å². The SMILES string of the molecule is COc1ccc(C(N)c2ccc(CO)cc2)c(CO)c1. The van der Waals surface area contributed by atoms with Gasteiger partial charge in [0.2, 0.25) is 0 Å². The van der Waals surface area contributed by atoms with E-state index in [-0.39, 0.29) is 19.3 Å². The molecule has 4 N–H and O–H groups in total. The van der Waals surface area contributed by atoms with Crippen LogP contribution < -0.4 is 10.5 Å². The van der Waals surface area contributed by atoms with Crippen molar-refractivity contribution in [2.45, 2.75) is 19.3 Å². The third-order valence-electron chi connectivity index (χ3n) is 3.38. The molecule has 106 valence electrons. The molecule has 0 fully saturated rings. The van der Waals surface area contributed by atoms with Gasteiger partial charge in [0.15, 0.2) is 0 Å². The van der Waals surface area contributed by atoms with Gasteiger partial charge in [-0.1, -0.05) is 30.3 Å². The van der Waals surface area contributed by atoms with Crippen LogP contribution in [0.1, 0.15) is 28.3 Å². The Labute approximate surface area is 118 Å². The maximum absolute atomic E-state index is 9.47. The molecule has 4 nitrogen and oxygen atoms in total. The van der Waals surface area contributed by atoms with E-state index >= 15 is 0 Å². The second kappa shape index (κ2) is 6.52. The standard InChI is InChI=1S/C16H19NO3/c1-20-14-6-7-15(13(8-14)10-19)16(17)12-4-2-11(9-18)3-5-12/h2-8,16,18-19H,9-10,17H2,1H3. The van der Waals surface area contributed by atoms with Crippen LogP contribution in [0, 0.1) is 0 Å². The zero-order valence-electron chi connectivity index (χ0n) is 11.4. The number of rotatable bonds is 5. The van der Waals surface area contributed by atoms with E-state index in [4.69, 9.17) is 15.6 Å². The first-order chi connectivity index (χ1) is 9.69. The quantitative estimate of drug-likeness (QED) is 0.775. The number of methoxy groups -OCH3 is 1. The predicted molar refractivity (Wildman–Crippen MR) is 77.3 cm³/mol. The van der Waals surface area contributed by atoms with Crippen LogP contribution in [0.25, 0.3) is 0 Å². The first kappa shape index (κ1) is 14.5. The summed E-state index contributed by atoms with van der Waals surface area (Å²) in [7, 11) is 1.59. The van der Waals surface area contributed by atoms with Crippen molar-refractivity contribution in [3.05, 3.63) is 64.7 Å². The normalized spacial score (nSPS) is 12.2. The number of aliphatic hydroxyl groups is 2. The largest absolute Gasteiger partial charge is 0.497 e. The summed E-state index contributed by atoms with van der Waals surface area (Å²) in [6, 6.07) is 12.6. The Morgan fingerprint density at radius 1 is 1.05 bits per heavy atom. The summed E-state index contributed by atoms with van der Waals surface area (Å²) in [5, 5.41) is 18.5. The molecule has 0 aromatic heterocycles. The third kappa shape index (κ3) is 2.99. The van der Waals surface area contributed by atoms with Gasteiger partial charge in [0.25, 0.3) is 0 Å². The Bertz CT molecular complexity index is 566. The maximum atomic E-state index is 9.47. The predicted octanol–water partition coefficient (Wildman–Crippen LogP) is 1.73. The Morgan fingerprint density at radius 2 is 1.75 bits per heavy atom. The van der Waals surface area contributed by atoms with Crippen LogP contribution in [0.15, 0.2) is 42.5 Å². The number of hydrogen-bond donors (Lipinski definition) is 3. The molecular formula is C16H19NO3. The van der Waals surface area contributed by atoms with Crippen LogP contribution in [0.4, 0.5) is 0 Å². The molecule has 0 aliphatic heterocycles. The molecule has 0 aliphatic carbocycles. The van der Waals surface area contributed by atoms with Crippen LogP contribution in [0.2, 0.25) is 0 Å². The molecule has 0 heterocycles. The van der Waals surface area contributed by atoms with Gasteiger partial charge in [0.05, 0.1) is 26.4 Å². The van der Waals surface area contributed by atoms with E-state index in [2.05, 4.69) is 0 Å². The highest BCUT2D eigenvalue weighted by molar-refractivity contribution is 5.41. The molecule has 4 heteroatoms. The van der Waals surface area contributed by atoms with Gasteiger partial charge in [-0.2, -0.15) is 0 Å². The first-order valence-electron chi connectivity index (χ1n) is 6.42. The first-order valence-corrected chi connectivity index (χ1v) is 6.42. The molecule has 0 saturated heterocycles. The molecule has 2 rings (SSSR count).